The van der Waals surface area contributed by atoms with Crippen molar-refractivity contribution < 1.29 is 30.4 Å². The molecule has 0 aliphatic rings. The minimum absolute atomic E-state index is 0. The van der Waals surface area contributed by atoms with E-state index in [9.17, 15) is 0 Å². The second-order valence-corrected chi connectivity index (χ2v) is 28.7. The predicted octanol–water partition coefficient (Wildman–Crippen LogP) is 19.6. The van der Waals surface area contributed by atoms with Crippen LogP contribution in [0.25, 0.3) is 39.0 Å². The predicted molar refractivity (Wildman–Crippen MR) is 353 cm³/mol. The van der Waals surface area contributed by atoms with Crippen molar-refractivity contribution in [1.82, 2.24) is 14.1 Å². The van der Waals surface area contributed by atoms with Gasteiger partial charge in [0.1, 0.15) is 5.82 Å². The van der Waals surface area contributed by atoms with E-state index in [1.54, 1.807) is 0 Å². The Morgan fingerprint density at radius 1 is 0.395 bits per heavy atom. The molecular weight excluding hydrogens is 1230 g/mol. The minimum Gasteiger partial charge on any atom is -0.510 e. The van der Waals surface area contributed by atoms with Crippen LogP contribution >= 0.6 is 0 Å². The molecule has 0 radical (unpaired) electrons. The summed E-state index contributed by atoms with van der Waals surface area (Å²) in [6.07, 6.45) is 6.10. The van der Waals surface area contributed by atoms with Crippen LogP contribution in [-0.4, -0.2) is 14.1 Å². The van der Waals surface area contributed by atoms with Crippen molar-refractivity contribution in [3.8, 4) is 28.7 Å². The van der Waals surface area contributed by atoms with Gasteiger partial charge >= 0.3 is 0 Å². The number of aromatic nitrogens is 4. The van der Waals surface area contributed by atoms with Gasteiger partial charge in [-0.25, -0.2) is 4.98 Å². The number of fused-ring (bicyclic) bond motifs is 3. The number of imidazole rings is 1. The Hall–Kier alpha value is -7.59. The van der Waals surface area contributed by atoms with Gasteiger partial charge in [0, 0.05) is 65.9 Å². The summed E-state index contributed by atoms with van der Waals surface area (Å²) < 4.78 is 14.1. The average molecular weight is 1310 g/mol. The third kappa shape index (κ3) is 11.5. The van der Waals surface area contributed by atoms with E-state index < -0.39 is 10.8 Å². The minimum atomic E-state index is -0.582. The summed E-state index contributed by atoms with van der Waals surface area (Å²) in [5.41, 5.74) is 14.7. The molecular formula is C80H84N4OPt-2. The van der Waals surface area contributed by atoms with Gasteiger partial charge in [-0.05, 0) is 102 Å². The molecule has 5 nitrogen and oxygen atoms in total. The third-order valence-corrected chi connectivity index (χ3v) is 18.2. The van der Waals surface area contributed by atoms with E-state index in [2.05, 4.69) is 344 Å². The standard InChI is InChI=1S/C80H84N4O.Pt/c1-74(2,3)58-38-41-69-68(49-58)67-40-39-65(52-70(67)84(69)71-50-59(42-43-81-71)75(4,5)6)85-66-48-60(76(7,8)9)45-64(51-66)83-53-82(72(79(14,15)56-34-26-20-27-35-56)73(83)80(16,17)57-36-28-21-29-37-57)63-46-61(77(10,11)54-30-22-18-23-31-54)44-62(47-63)78(12,13)55-32-24-19-25-33-55;/h18-50H,1-17H3;/q-2;. The maximum Gasteiger partial charge on any atom is 0.267 e. The second kappa shape index (κ2) is 22.6. The van der Waals surface area contributed by atoms with Crippen LogP contribution in [0.3, 0.4) is 0 Å². The molecule has 0 amide bonds. The van der Waals surface area contributed by atoms with Crippen LogP contribution in [-0.2, 0) is 59.0 Å². The van der Waals surface area contributed by atoms with Crippen LogP contribution in [0.4, 0.5) is 0 Å². The number of pyridine rings is 1. The molecule has 8 aromatic carbocycles. The van der Waals surface area contributed by atoms with Crippen LogP contribution in [0, 0.1) is 18.5 Å². The first-order chi connectivity index (χ1) is 40.0. The van der Waals surface area contributed by atoms with E-state index in [1.807, 2.05) is 6.20 Å². The van der Waals surface area contributed by atoms with E-state index in [1.165, 1.54) is 44.5 Å². The number of nitrogens with zero attached hydrogens (tertiary/aromatic N) is 4. The Morgan fingerprint density at radius 2 is 0.884 bits per heavy atom. The first-order valence-corrected chi connectivity index (χ1v) is 30.3. The van der Waals surface area contributed by atoms with Crippen molar-refractivity contribution in [2.75, 3.05) is 0 Å². The molecule has 0 aliphatic heterocycles. The van der Waals surface area contributed by atoms with Crippen LogP contribution in [0.2, 0.25) is 0 Å². The molecule has 3 heterocycles. The van der Waals surface area contributed by atoms with Gasteiger partial charge in [0.2, 0.25) is 0 Å². The molecule has 11 rings (SSSR count). The van der Waals surface area contributed by atoms with Gasteiger partial charge in [0.15, 0.2) is 0 Å². The molecule has 0 fully saturated rings. The molecule has 11 aromatic rings. The van der Waals surface area contributed by atoms with Gasteiger partial charge in [-0.2, -0.15) is 17.7 Å². The van der Waals surface area contributed by atoms with Crippen molar-refractivity contribution in [3.05, 3.63) is 280 Å². The maximum absolute atomic E-state index is 7.21. The van der Waals surface area contributed by atoms with Gasteiger partial charge < -0.3 is 13.9 Å². The van der Waals surface area contributed by atoms with Gasteiger partial charge in [-0.1, -0.05) is 263 Å². The number of ether oxygens (including phenoxy) is 1. The Morgan fingerprint density at radius 3 is 1.40 bits per heavy atom. The normalized spacial score (nSPS) is 12.8. The largest absolute Gasteiger partial charge is 0.510 e. The van der Waals surface area contributed by atoms with Crippen molar-refractivity contribution in [1.29, 1.82) is 0 Å². The summed E-state index contributed by atoms with van der Waals surface area (Å²) in [5.74, 6) is 2.02. The van der Waals surface area contributed by atoms with Gasteiger partial charge in [0.25, 0.3) is 6.33 Å². The van der Waals surface area contributed by atoms with Crippen molar-refractivity contribution >= 4 is 21.8 Å². The fourth-order valence-corrected chi connectivity index (χ4v) is 12.4. The second-order valence-electron chi connectivity index (χ2n) is 28.7. The fraction of sp³-hybridized carbons (Fsp3) is 0.300. The van der Waals surface area contributed by atoms with E-state index in [0.29, 0.717) is 11.5 Å². The van der Waals surface area contributed by atoms with E-state index in [-0.39, 0.29) is 48.1 Å². The summed E-state index contributed by atoms with van der Waals surface area (Å²) in [7, 11) is 0. The fourth-order valence-electron chi connectivity index (χ4n) is 12.4. The molecule has 0 saturated heterocycles. The topological polar surface area (TPSA) is 35.9 Å². The SMILES string of the molecule is CC(C)(C)c1cc(Oc2[c-]c3c(cc2)c2cc(C(C)(C)C)ccc2n3-c2cc(C(C)(C)C)ccn2)[c-]c(-n2[c-][n+](-c3cc(C(C)(C)c4ccccc4)cc(C(C)(C)c4ccccc4)c3)c(C(C)(C)c3ccccc3)c2C(C)(C)c2ccccc2)c1.[Pt]. The molecule has 0 saturated carbocycles. The van der Waals surface area contributed by atoms with E-state index in [0.717, 1.165) is 55.9 Å². The molecule has 0 N–H and O–H groups in total. The van der Waals surface area contributed by atoms with Crippen LogP contribution < -0.4 is 9.30 Å². The van der Waals surface area contributed by atoms with Crippen LogP contribution in [0.15, 0.2) is 200 Å². The Kier molecular flexibility index (Phi) is 16.2. The van der Waals surface area contributed by atoms with E-state index >= 15 is 0 Å². The summed E-state index contributed by atoms with van der Waals surface area (Å²) in [6.45, 7) is 39.2. The smallest absolute Gasteiger partial charge is 0.267 e. The van der Waals surface area contributed by atoms with Crippen molar-refractivity contribution in [2.45, 2.75) is 156 Å². The third-order valence-electron chi connectivity index (χ3n) is 18.2. The molecule has 0 bridgehead atoms. The van der Waals surface area contributed by atoms with Gasteiger partial charge in [-0.15, -0.1) is 29.7 Å². The Bertz CT molecular complexity index is 4170. The number of hydrogen-bond acceptors (Lipinski definition) is 2. The Labute approximate surface area is 527 Å². The molecule has 0 atom stereocenters. The maximum atomic E-state index is 7.21. The zero-order valence-corrected chi connectivity index (χ0v) is 55.8. The van der Waals surface area contributed by atoms with Gasteiger partial charge in [0.05, 0.1) is 17.1 Å². The molecule has 3 aromatic heterocycles. The van der Waals surface area contributed by atoms with E-state index in [4.69, 9.17) is 9.72 Å². The number of benzene rings is 8. The summed E-state index contributed by atoms with van der Waals surface area (Å²) >= 11 is 0. The molecule has 0 aliphatic carbocycles. The van der Waals surface area contributed by atoms with Crippen molar-refractivity contribution in [2.24, 2.45) is 0 Å². The number of rotatable bonds is 13. The quantitative estimate of drug-likeness (QED) is 0.0852. The average Bonchev–Trinajstić information content (AvgIpc) is 2.02. The van der Waals surface area contributed by atoms with Gasteiger partial charge in [-0.3, -0.25) is 4.57 Å². The molecule has 86 heavy (non-hydrogen) atoms. The first kappa shape index (κ1) is 61.5. The molecule has 6 heteroatoms. The summed E-state index contributed by atoms with van der Waals surface area (Å²) in [6, 6.07) is 78.7. The zero-order valence-electron chi connectivity index (χ0n) is 53.6. The summed E-state index contributed by atoms with van der Waals surface area (Å²) in [5, 5.41) is 2.24. The first-order valence-electron chi connectivity index (χ1n) is 30.3. The van der Waals surface area contributed by atoms with Crippen molar-refractivity contribution in [3.63, 3.8) is 0 Å². The number of hydrogen-bond donors (Lipinski definition) is 0. The molecule has 0 unspecified atom stereocenters. The Balaban J connectivity index is 0.00000820. The molecule has 0 spiro atoms. The summed E-state index contributed by atoms with van der Waals surface area (Å²) in [4.78, 5) is 5.03. The molecule has 442 valence electrons. The van der Waals surface area contributed by atoms with Crippen LogP contribution in [0.5, 0.6) is 11.5 Å². The monoisotopic (exact) mass is 1310 g/mol. The van der Waals surface area contributed by atoms with Crippen LogP contribution in [0.1, 0.15) is 179 Å². The zero-order chi connectivity index (χ0) is 60.6.